The van der Waals surface area contributed by atoms with Crippen LogP contribution in [0.4, 0.5) is 0 Å². The predicted molar refractivity (Wildman–Crippen MR) is 199 cm³/mol. The van der Waals surface area contributed by atoms with Gasteiger partial charge in [-0.1, -0.05) is 151 Å². The number of hydrogen-bond acceptors (Lipinski definition) is 3. The molecule has 262 valence electrons. The van der Waals surface area contributed by atoms with Gasteiger partial charge in [-0.2, -0.15) is 0 Å². The average Bonchev–Trinajstić information content (AvgIpc) is 3.03. The number of allylic oxidation sites excluding steroid dienone is 12. The third kappa shape index (κ3) is 35.9. The van der Waals surface area contributed by atoms with Crippen molar-refractivity contribution in [2.45, 2.75) is 180 Å². The van der Waals surface area contributed by atoms with Gasteiger partial charge in [0, 0.05) is 12.8 Å². The quantitative estimate of drug-likeness (QED) is 0.0441. The summed E-state index contributed by atoms with van der Waals surface area (Å²) in [4.78, 5) is 22.9. The molecule has 0 heterocycles. The van der Waals surface area contributed by atoms with Crippen LogP contribution in [0.5, 0.6) is 0 Å². The summed E-state index contributed by atoms with van der Waals surface area (Å²) in [6.07, 6.45) is 52.6. The summed E-state index contributed by atoms with van der Waals surface area (Å²) in [5.41, 5.74) is 0. The molecule has 1 N–H and O–H groups in total. The lowest BCUT2D eigenvalue weighted by Crippen LogP contribution is -2.18. The molecule has 0 saturated carbocycles. The molecule has 1 unspecified atom stereocenters. The van der Waals surface area contributed by atoms with Crippen molar-refractivity contribution in [2.75, 3.05) is 0 Å². The van der Waals surface area contributed by atoms with Gasteiger partial charge in [0.05, 0.1) is 0 Å². The zero-order valence-corrected chi connectivity index (χ0v) is 29.9. The van der Waals surface area contributed by atoms with Crippen LogP contribution >= 0.6 is 0 Å². The molecule has 0 fully saturated rings. The summed E-state index contributed by atoms with van der Waals surface area (Å²) in [5.74, 6) is -0.702. The van der Waals surface area contributed by atoms with E-state index in [-0.39, 0.29) is 12.1 Å². The van der Waals surface area contributed by atoms with Crippen LogP contribution in [0, 0.1) is 0 Å². The molecule has 0 spiro atoms. The minimum atomic E-state index is -0.678. The SMILES string of the molecule is CC/C=C\C/C=C\C/C=C\C/C=C\C/C=C\C/C=C\CCCCC(=O)OC(CCC)CCCCCCCCCCCCCC(=O)O. The Morgan fingerprint density at radius 2 is 0.913 bits per heavy atom. The normalized spacial score (nSPS) is 13.1. The van der Waals surface area contributed by atoms with Crippen molar-refractivity contribution in [1.82, 2.24) is 0 Å². The van der Waals surface area contributed by atoms with Gasteiger partial charge in [-0.15, -0.1) is 0 Å². The number of carbonyl (C=O) groups excluding carboxylic acids is 1. The van der Waals surface area contributed by atoms with Gasteiger partial charge in [0.2, 0.25) is 0 Å². The monoisotopic (exact) mass is 639 g/mol. The first-order valence-corrected chi connectivity index (χ1v) is 18.9. The maximum atomic E-state index is 12.4. The lowest BCUT2D eigenvalue weighted by atomic mass is 10.0. The van der Waals surface area contributed by atoms with E-state index in [1.54, 1.807) is 0 Å². The molecule has 0 saturated heterocycles. The van der Waals surface area contributed by atoms with Crippen LogP contribution in [-0.4, -0.2) is 23.1 Å². The number of ether oxygens (including phenoxy) is 1. The fourth-order valence-electron chi connectivity index (χ4n) is 5.24. The average molecular weight is 639 g/mol. The number of hydrogen-bond donors (Lipinski definition) is 1. The summed E-state index contributed by atoms with van der Waals surface area (Å²) in [6.45, 7) is 4.32. The van der Waals surface area contributed by atoms with Crippen molar-refractivity contribution in [3.05, 3.63) is 72.9 Å². The Morgan fingerprint density at radius 3 is 1.37 bits per heavy atom. The molecule has 0 aliphatic heterocycles. The summed E-state index contributed by atoms with van der Waals surface area (Å²) in [6, 6.07) is 0. The van der Waals surface area contributed by atoms with Crippen molar-refractivity contribution in [1.29, 1.82) is 0 Å². The van der Waals surface area contributed by atoms with E-state index in [1.165, 1.54) is 44.9 Å². The second-order valence-corrected chi connectivity index (χ2v) is 12.4. The van der Waals surface area contributed by atoms with Crippen LogP contribution in [0.2, 0.25) is 0 Å². The van der Waals surface area contributed by atoms with Crippen LogP contribution in [0.1, 0.15) is 174 Å². The van der Waals surface area contributed by atoms with Gasteiger partial charge < -0.3 is 9.84 Å². The second kappa shape index (κ2) is 36.8. The van der Waals surface area contributed by atoms with E-state index in [0.717, 1.165) is 103 Å². The molecule has 0 bridgehead atoms. The van der Waals surface area contributed by atoms with E-state index < -0.39 is 5.97 Å². The maximum Gasteiger partial charge on any atom is 0.306 e. The smallest absolute Gasteiger partial charge is 0.306 e. The highest BCUT2D eigenvalue weighted by atomic mass is 16.5. The van der Waals surface area contributed by atoms with E-state index in [9.17, 15) is 9.59 Å². The van der Waals surface area contributed by atoms with Crippen molar-refractivity contribution < 1.29 is 19.4 Å². The largest absolute Gasteiger partial charge is 0.481 e. The second-order valence-electron chi connectivity index (χ2n) is 12.4. The molecule has 0 aliphatic rings. The van der Waals surface area contributed by atoms with Crippen LogP contribution < -0.4 is 0 Å². The number of carbonyl (C=O) groups is 2. The third-order valence-electron chi connectivity index (χ3n) is 7.92. The highest BCUT2D eigenvalue weighted by Gasteiger charge is 2.13. The number of carboxylic acids is 1. The highest BCUT2D eigenvalue weighted by Crippen LogP contribution is 2.17. The lowest BCUT2D eigenvalue weighted by molar-refractivity contribution is -0.150. The van der Waals surface area contributed by atoms with Gasteiger partial charge >= 0.3 is 11.9 Å². The maximum absolute atomic E-state index is 12.4. The summed E-state index contributed by atoms with van der Waals surface area (Å²) >= 11 is 0. The van der Waals surface area contributed by atoms with E-state index >= 15 is 0 Å². The van der Waals surface area contributed by atoms with Crippen molar-refractivity contribution >= 4 is 11.9 Å². The zero-order chi connectivity index (χ0) is 33.6. The Hall–Kier alpha value is -2.62. The molecule has 4 nitrogen and oxygen atoms in total. The molecule has 0 aliphatic carbocycles. The minimum Gasteiger partial charge on any atom is -0.481 e. The summed E-state index contributed by atoms with van der Waals surface area (Å²) < 4.78 is 5.84. The van der Waals surface area contributed by atoms with Gasteiger partial charge in [0.15, 0.2) is 0 Å². The Balaban J connectivity index is 3.71. The molecule has 0 radical (unpaired) electrons. The standard InChI is InChI=1S/C42H70O4/c1-3-5-6-7-8-9-10-11-12-13-14-15-16-17-18-19-23-26-29-32-35-39-42(45)46-40(36-4-2)37-33-30-27-24-21-20-22-25-28-31-34-38-41(43)44/h5-6,8-9,11-12,14-15,17-18,23,26,40H,3-4,7,10,13,16,19-22,24-25,27-39H2,1-2H3,(H,43,44)/b6-5-,9-8-,12-11-,15-14-,18-17-,26-23-. The number of aliphatic carboxylic acids is 1. The molecular formula is C42H70O4. The first kappa shape index (κ1) is 43.4. The molecule has 1 atom stereocenters. The van der Waals surface area contributed by atoms with Crippen molar-refractivity contribution in [2.24, 2.45) is 0 Å². The molecule has 0 aromatic heterocycles. The van der Waals surface area contributed by atoms with Gasteiger partial charge in [-0.05, 0) is 83.5 Å². The topological polar surface area (TPSA) is 63.6 Å². The first-order chi connectivity index (χ1) is 22.6. The zero-order valence-electron chi connectivity index (χ0n) is 29.9. The fraction of sp³-hybridized carbons (Fsp3) is 0.667. The minimum absolute atomic E-state index is 0.0239. The molecule has 0 rings (SSSR count). The predicted octanol–water partition coefficient (Wildman–Crippen LogP) is 13.1. The van der Waals surface area contributed by atoms with Gasteiger partial charge in [-0.25, -0.2) is 0 Å². The van der Waals surface area contributed by atoms with Crippen LogP contribution in [0.25, 0.3) is 0 Å². The van der Waals surface area contributed by atoms with E-state index in [0.29, 0.717) is 12.8 Å². The molecule has 0 amide bonds. The number of esters is 1. The lowest BCUT2D eigenvalue weighted by Gasteiger charge is -2.17. The van der Waals surface area contributed by atoms with Crippen molar-refractivity contribution in [3.63, 3.8) is 0 Å². The number of rotatable bonds is 33. The molecule has 46 heavy (non-hydrogen) atoms. The summed E-state index contributed by atoms with van der Waals surface area (Å²) in [7, 11) is 0. The Bertz CT molecular complexity index is 861. The third-order valence-corrected chi connectivity index (χ3v) is 7.92. The highest BCUT2D eigenvalue weighted by molar-refractivity contribution is 5.69. The van der Waals surface area contributed by atoms with Gasteiger partial charge in [0.1, 0.15) is 6.10 Å². The van der Waals surface area contributed by atoms with Crippen LogP contribution in [-0.2, 0) is 14.3 Å². The van der Waals surface area contributed by atoms with Crippen LogP contribution in [0.3, 0.4) is 0 Å². The Morgan fingerprint density at radius 1 is 0.500 bits per heavy atom. The van der Waals surface area contributed by atoms with E-state index in [1.807, 2.05) is 0 Å². The van der Waals surface area contributed by atoms with Crippen molar-refractivity contribution in [3.8, 4) is 0 Å². The molecule has 0 aromatic carbocycles. The molecule has 4 heteroatoms. The Kier molecular flexibility index (Phi) is 34.7. The Labute approximate surface area is 284 Å². The van der Waals surface area contributed by atoms with Gasteiger partial charge in [0.25, 0.3) is 0 Å². The fourth-order valence-corrected chi connectivity index (χ4v) is 5.24. The number of carboxylic acid groups (broad SMARTS) is 1. The molecule has 0 aromatic rings. The summed E-state index contributed by atoms with van der Waals surface area (Å²) in [5, 5.41) is 8.66. The van der Waals surface area contributed by atoms with E-state index in [4.69, 9.17) is 9.84 Å². The first-order valence-electron chi connectivity index (χ1n) is 18.9. The van der Waals surface area contributed by atoms with Crippen LogP contribution in [0.15, 0.2) is 72.9 Å². The molecular weight excluding hydrogens is 568 g/mol. The number of unbranched alkanes of at least 4 members (excludes halogenated alkanes) is 12. The van der Waals surface area contributed by atoms with E-state index in [2.05, 4.69) is 86.8 Å². The van der Waals surface area contributed by atoms with Gasteiger partial charge in [-0.3, -0.25) is 9.59 Å².